The first-order chi connectivity index (χ1) is 18.5. The van der Waals surface area contributed by atoms with Crippen LogP contribution < -0.4 is 0 Å². The van der Waals surface area contributed by atoms with Crippen molar-refractivity contribution in [1.29, 1.82) is 0 Å². The van der Waals surface area contributed by atoms with E-state index in [1.165, 1.54) is 5.56 Å². The van der Waals surface area contributed by atoms with Crippen LogP contribution in [0.5, 0.6) is 0 Å². The van der Waals surface area contributed by atoms with E-state index in [2.05, 4.69) is 63.0 Å². The van der Waals surface area contributed by atoms with E-state index in [0.29, 0.717) is 26.1 Å². The van der Waals surface area contributed by atoms with Crippen molar-refractivity contribution in [1.82, 2.24) is 24.9 Å². The third-order valence-electron chi connectivity index (χ3n) is 6.55. The molecule has 1 N–H and O–H groups in total. The van der Waals surface area contributed by atoms with Gasteiger partial charge in [0.15, 0.2) is 5.78 Å². The van der Waals surface area contributed by atoms with Gasteiger partial charge in [-0.1, -0.05) is 67.5 Å². The number of benzene rings is 2. The van der Waals surface area contributed by atoms with Crippen molar-refractivity contribution >= 4 is 5.78 Å². The molecule has 38 heavy (non-hydrogen) atoms. The number of nitrogens with one attached hydrogen (secondary N) is 1. The number of H-pyrrole nitrogens is 1. The number of hydrogen-bond donors (Lipinski definition) is 1. The Morgan fingerprint density at radius 1 is 0.842 bits per heavy atom. The van der Waals surface area contributed by atoms with Crippen molar-refractivity contribution in [3.8, 4) is 0 Å². The molecule has 0 aliphatic heterocycles. The van der Waals surface area contributed by atoms with Crippen LogP contribution in [0.2, 0.25) is 0 Å². The zero-order chi connectivity index (χ0) is 26.7. The van der Waals surface area contributed by atoms with Gasteiger partial charge in [-0.3, -0.25) is 14.6 Å². The van der Waals surface area contributed by atoms with Gasteiger partial charge in [-0.05, 0) is 49.5 Å². The van der Waals surface area contributed by atoms with Crippen molar-refractivity contribution in [3.63, 3.8) is 0 Å². The smallest absolute Gasteiger partial charge is 0.167 e. The molecule has 0 saturated heterocycles. The van der Waals surface area contributed by atoms with Gasteiger partial charge in [0.2, 0.25) is 0 Å². The van der Waals surface area contributed by atoms with Gasteiger partial charge in [-0.2, -0.15) is 0 Å². The van der Waals surface area contributed by atoms with E-state index < -0.39 is 0 Å². The Morgan fingerprint density at radius 3 is 2.05 bits per heavy atom. The van der Waals surface area contributed by atoms with Gasteiger partial charge < -0.3 is 9.51 Å². The molecule has 0 amide bonds. The Balaban J connectivity index is 1.35. The highest BCUT2D eigenvalue weighted by Gasteiger charge is 2.14. The SMILES string of the molecule is CCCN(CCC)Cc1ccc(CC(=O)c2ccc(CN(Cc3cc(C)on3)Cc3ncc[nH]3)cc2)cc1. The van der Waals surface area contributed by atoms with Gasteiger partial charge in [-0.25, -0.2) is 4.98 Å². The van der Waals surface area contributed by atoms with Crippen molar-refractivity contribution in [3.05, 3.63) is 107 Å². The zero-order valence-electron chi connectivity index (χ0n) is 22.8. The summed E-state index contributed by atoms with van der Waals surface area (Å²) in [7, 11) is 0. The third kappa shape index (κ3) is 8.23. The zero-order valence-corrected chi connectivity index (χ0v) is 22.8. The molecule has 2 aromatic heterocycles. The van der Waals surface area contributed by atoms with Gasteiger partial charge in [0.25, 0.3) is 0 Å². The Morgan fingerprint density at radius 2 is 1.47 bits per heavy atom. The number of aromatic nitrogens is 3. The Kier molecular flexibility index (Phi) is 10.0. The summed E-state index contributed by atoms with van der Waals surface area (Å²) in [6.07, 6.45) is 6.32. The number of carbonyl (C=O) groups is 1. The lowest BCUT2D eigenvalue weighted by Crippen LogP contribution is -2.24. The second-order valence-corrected chi connectivity index (χ2v) is 10.00. The summed E-state index contributed by atoms with van der Waals surface area (Å²) in [5.74, 6) is 1.82. The van der Waals surface area contributed by atoms with Crippen LogP contribution in [0, 0.1) is 6.92 Å². The number of ketones is 1. The van der Waals surface area contributed by atoms with Crippen LogP contribution >= 0.6 is 0 Å². The molecule has 7 nitrogen and oxygen atoms in total. The van der Waals surface area contributed by atoms with Crippen LogP contribution in [-0.2, 0) is 32.6 Å². The number of nitrogens with zero attached hydrogens (tertiary/aromatic N) is 4. The predicted molar refractivity (Wildman–Crippen MR) is 150 cm³/mol. The molecule has 200 valence electrons. The number of hydrogen-bond acceptors (Lipinski definition) is 6. The number of aryl methyl sites for hydroxylation is 1. The monoisotopic (exact) mass is 513 g/mol. The summed E-state index contributed by atoms with van der Waals surface area (Å²) in [6, 6.07) is 18.4. The summed E-state index contributed by atoms with van der Waals surface area (Å²) in [4.78, 5) is 25.3. The summed E-state index contributed by atoms with van der Waals surface area (Å²) in [6.45, 7) is 11.5. The number of carbonyl (C=O) groups excluding carboxylic acids is 1. The molecule has 0 atom stereocenters. The average molecular weight is 514 g/mol. The second-order valence-electron chi connectivity index (χ2n) is 10.00. The van der Waals surface area contributed by atoms with E-state index in [1.54, 1.807) is 6.20 Å². The first kappa shape index (κ1) is 27.5. The lowest BCUT2D eigenvalue weighted by molar-refractivity contribution is 0.0993. The van der Waals surface area contributed by atoms with E-state index in [0.717, 1.165) is 66.4 Å². The van der Waals surface area contributed by atoms with Gasteiger partial charge in [0, 0.05) is 50.1 Å². The summed E-state index contributed by atoms with van der Waals surface area (Å²) < 4.78 is 5.24. The average Bonchev–Trinajstić information content (AvgIpc) is 3.57. The van der Waals surface area contributed by atoms with Gasteiger partial charge >= 0.3 is 0 Å². The van der Waals surface area contributed by atoms with E-state index in [4.69, 9.17) is 4.52 Å². The van der Waals surface area contributed by atoms with E-state index in [1.807, 2.05) is 43.5 Å². The second kappa shape index (κ2) is 13.8. The molecule has 0 fully saturated rings. The molecule has 0 spiro atoms. The maximum absolute atomic E-state index is 13.0. The van der Waals surface area contributed by atoms with Crippen molar-refractivity contribution < 1.29 is 9.32 Å². The lowest BCUT2D eigenvalue weighted by Gasteiger charge is -2.21. The highest BCUT2D eigenvalue weighted by atomic mass is 16.5. The Hall–Kier alpha value is -3.55. The molecule has 4 aromatic rings. The van der Waals surface area contributed by atoms with Crippen LogP contribution in [0.15, 0.2) is 71.5 Å². The molecule has 0 bridgehead atoms. The number of rotatable bonds is 15. The number of imidazole rings is 1. The minimum absolute atomic E-state index is 0.133. The fourth-order valence-corrected chi connectivity index (χ4v) is 4.75. The molecule has 0 aliphatic rings. The maximum atomic E-state index is 13.0. The maximum Gasteiger partial charge on any atom is 0.167 e. The first-order valence-electron chi connectivity index (χ1n) is 13.6. The predicted octanol–water partition coefficient (Wildman–Crippen LogP) is 5.96. The highest BCUT2D eigenvalue weighted by molar-refractivity contribution is 5.97. The number of aromatic amines is 1. The lowest BCUT2D eigenvalue weighted by atomic mass is 10.0. The standard InChI is InChI=1S/C31H39N5O2/c1-4-16-35(17-5-2)20-26-8-6-25(7-9-26)19-30(37)28-12-10-27(11-13-28)21-36(23-31-32-14-15-33-31)22-29-18-24(3)38-34-29/h6-15,18H,4-5,16-17,19-23H2,1-3H3,(H,32,33). The molecule has 0 aliphatic carbocycles. The van der Waals surface area contributed by atoms with Crippen molar-refractivity contribution in [2.45, 2.75) is 66.2 Å². The van der Waals surface area contributed by atoms with Crippen LogP contribution in [0.3, 0.4) is 0 Å². The first-order valence-corrected chi connectivity index (χ1v) is 13.6. The Bertz CT molecular complexity index is 1240. The molecular weight excluding hydrogens is 474 g/mol. The van der Waals surface area contributed by atoms with Crippen molar-refractivity contribution in [2.75, 3.05) is 13.1 Å². The quantitative estimate of drug-likeness (QED) is 0.198. The van der Waals surface area contributed by atoms with Crippen LogP contribution in [0.1, 0.15) is 71.0 Å². The molecule has 7 heteroatoms. The molecule has 0 saturated carbocycles. The fourth-order valence-electron chi connectivity index (χ4n) is 4.75. The minimum Gasteiger partial charge on any atom is -0.361 e. The minimum atomic E-state index is 0.133. The van der Waals surface area contributed by atoms with Crippen LogP contribution in [-0.4, -0.2) is 43.8 Å². The topological polar surface area (TPSA) is 78.3 Å². The van der Waals surface area contributed by atoms with E-state index in [9.17, 15) is 4.79 Å². The summed E-state index contributed by atoms with van der Waals surface area (Å²) in [5, 5.41) is 4.15. The number of Topliss-reactive ketones (excluding diaryl/α,β-unsaturated/α-hetero) is 1. The molecule has 0 radical (unpaired) electrons. The third-order valence-corrected chi connectivity index (χ3v) is 6.55. The van der Waals surface area contributed by atoms with Crippen LogP contribution in [0.25, 0.3) is 0 Å². The molecule has 2 aromatic carbocycles. The van der Waals surface area contributed by atoms with Crippen LogP contribution in [0.4, 0.5) is 0 Å². The summed E-state index contributed by atoms with van der Waals surface area (Å²) >= 11 is 0. The normalized spacial score (nSPS) is 11.5. The Labute approximate surface area is 225 Å². The molecule has 0 unspecified atom stereocenters. The van der Waals surface area contributed by atoms with Crippen molar-refractivity contribution in [2.24, 2.45) is 0 Å². The largest absolute Gasteiger partial charge is 0.361 e. The van der Waals surface area contributed by atoms with Gasteiger partial charge in [-0.15, -0.1) is 0 Å². The van der Waals surface area contributed by atoms with E-state index >= 15 is 0 Å². The van der Waals surface area contributed by atoms with Gasteiger partial charge in [0.05, 0.1) is 12.2 Å². The molecule has 4 rings (SSSR count). The van der Waals surface area contributed by atoms with E-state index in [-0.39, 0.29) is 5.78 Å². The molecular formula is C31H39N5O2. The highest BCUT2D eigenvalue weighted by Crippen LogP contribution is 2.16. The fraction of sp³-hybridized carbons (Fsp3) is 0.387. The summed E-state index contributed by atoms with van der Waals surface area (Å²) in [5.41, 5.74) is 5.09. The van der Waals surface area contributed by atoms with Gasteiger partial charge in [0.1, 0.15) is 11.6 Å². The molecule has 2 heterocycles.